The molecule has 0 bridgehead atoms. The maximum atomic E-state index is 5.88. The summed E-state index contributed by atoms with van der Waals surface area (Å²) in [6.07, 6.45) is 1.35. The van der Waals surface area contributed by atoms with Gasteiger partial charge in [0.1, 0.15) is 5.69 Å². The minimum absolute atomic E-state index is 0.315. The first-order valence-electron chi connectivity index (χ1n) is 4.29. The summed E-state index contributed by atoms with van der Waals surface area (Å²) in [6, 6.07) is 5.17. The topological polar surface area (TPSA) is 52.0 Å². The van der Waals surface area contributed by atoms with E-state index in [0.29, 0.717) is 28.0 Å². The van der Waals surface area contributed by atoms with Gasteiger partial charge in [0.05, 0.1) is 0 Å². The van der Waals surface area contributed by atoms with Crippen LogP contribution in [-0.2, 0) is 6.54 Å². The zero-order valence-corrected chi connectivity index (χ0v) is 9.22. The molecule has 0 aliphatic carbocycles. The summed E-state index contributed by atoms with van der Waals surface area (Å²) in [5.41, 5.74) is 6.99. The predicted octanol–water partition coefficient (Wildman–Crippen LogP) is 3.11. The number of hydrogen-bond acceptors (Lipinski definition) is 3. The fraction of sp³-hybridized carbons (Fsp3) is 0.100. The number of hydrogen-bond donors (Lipinski definition) is 1. The Labute approximate surface area is 96.8 Å². The van der Waals surface area contributed by atoms with Crippen molar-refractivity contribution in [3.05, 3.63) is 40.3 Å². The van der Waals surface area contributed by atoms with Crippen LogP contribution in [0.3, 0.4) is 0 Å². The first kappa shape index (κ1) is 10.5. The molecule has 5 heteroatoms. The van der Waals surface area contributed by atoms with E-state index in [1.165, 1.54) is 6.39 Å². The van der Waals surface area contributed by atoms with Crippen molar-refractivity contribution in [2.75, 3.05) is 0 Å². The van der Waals surface area contributed by atoms with Crippen molar-refractivity contribution in [3.63, 3.8) is 0 Å². The molecule has 1 aromatic heterocycles. The predicted molar refractivity (Wildman–Crippen MR) is 59.9 cm³/mol. The third kappa shape index (κ3) is 2.15. The molecule has 1 aromatic carbocycles. The number of benzene rings is 1. The fourth-order valence-corrected chi connectivity index (χ4v) is 1.86. The van der Waals surface area contributed by atoms with E-state index in [1.807, 2.05) is 0 Å². The third-order valence-corrected chi connectivity index (χ3v) is 2.40. The average molecular weight is 243 g/mol. The van der Waals surface area contributed by atoms with Crippen molar-refractivity contribution in [1.29, 1.82) is 0 Å². The Morgan fingerprint density at radius 2 is 1.87 bits per heavy atom. The van der Waals surface area contributed by atoms with Crippen molar-refractivity contribution in [3.8, 4) is 11.3 Å². The summed E-state index contributed by atoms with van der Waals surface area (Å²) >= 11 is 11.8. The van der Waals surface area contributed by atoms with Crippen molar-refractivity contribution in [2.45, 2.75) is 6.54 Å². The molecule has 0 fully saturated rings. The molecule has 1 heterocycles. The summed E-state index contributed by atoms with van der Waals surface area (Å²) in [6.45, 7) is 0.315. The van der Waals surface area contributed by atoms with Crippen LogP contribution in [0.4, 0.5) is 0 Å². The van der Waals surface area contributed by atoms with Gasteiger partial charge in [0.25, 0.3) is 0 Å². The van der Waals surface area contributed by atoms with Gasteiger partial charge in [0.15, 0.2) is 12.2 Å². The van der Waals surface area contributed by atoms with Crippen LogP contribution in [-0.4, -0.2) is 4.98 Å². The minimum atomic E-state index is 0.315. The van der Waals surface area contributed by atoms with Crippen molar-refractivity contribution in [2.24, 2.45) is 5.73 Å². The number of nitrogens with two attached hydrogens (primary N) is 1. The van der Waals surface area contributed by atoms with E-state index in [0.717, 1.165) is 5.56 Å². The molecule has 0 radical (unpaired) electrons. The lowest BCUT2D eigenvalue weighted by Gasteiger charge is -2.01. The van der Waals surface area contributed by atoms with Gasteiger partial charge in [-0.05, 0) is 18.2 Å². The molecule has 0 aliphatic heterocycles. The fourth-order valence-electron chi connectivity index (χ4n) is 1.33. The van der Waals surface area contributed by atoms with Gasteiger partial charge in [-0.2, -0.15) is 0 Å². The Morgan fingerprint density at radius 3 is 2.47 bits per heavy atom. The van der Waals surface area contributed by atoms with Gasteiger partial charge >= 0.3 is 0 Å². The highest BCUT2D eigenvalue weighted by Crippen LogP contribution is 2.28. The second kappa shape index (κ2) is 4.23. The largest absolute Gasteiger partial charge is 0.443 e. The Morgan fingerprint density at radius 1 is 1.20 bits per heavy atom. The molecule has 0 amide bonds. The molecular formula is C10H8Cl2N2O. The molecule has 0 unspecified atom stereocenters. The summed E-state index contributed by atoms with van der Waals surface area (Å²) in [4.78, 5) is 3.99. The van der Waals surface area contributed by atoms with Crippen molar-refractivity contribution >= 4 is 23.2 Å². The summed E-state index contributed by atoms with van der Waals surface area (Å²) in [7, 11) is 0. The highest BCUT2D eigenvalue weighted by Gasteiger charge is 2.10. The highest BCUT2D eigenvalue weighted by molar-refractivity contribution is 6.35. The van der Waals surface area contributed by atoms with Gasteiger partial charge in [0.2, 0.25) is 0 Å². The van der Waals surface area contributed by atoms with Crippen LogP contribution in [0.25, 0.3) is 11.3 Å². The van der Waals surface area contributed by atoms with E-state index in [9.17, 15) is 0 Å². The lowest BCUT2D eigenvalue weighted by atomic mass is 10.1. The molecule has 0 aliphatic rings. The quantitative estimate of drug-likeness (QED) is 0.881. The second-order valence-corrected chi connectivity index (χ2v) is 3.86. The molecule has 2 rings (SSSR count). The van der Waals surface area contributed by atoms with Gasteiger partial charge in [-0.15, -0.1) is 0 Å². The van der Waals surface area contributed by atoms with Crippen LogP contribution in [0.15, 0.2) is 29.0 Å². The van der Waals surface area contributed by atoms with Crippen LogP contribution < -0.4 is 5.73 Å². The summed E-state index contributed by atoms with van der Waals surface area (Å²) in [5, 5.41) is 1.11. The minimum Gasteiger partial charge on any atom is -0.443 e. The molecule has 0 saturated heterocycles. The first-order chi connectivity index (χ1) is 7.20. The van der Waals surface area contributed by atoms with E-state index in [4.69, 9.17) is 33.4 Å². The number of aromatic nitrogens is 1. The number of rotatable bonds is 2. The van der Waals surface area contributed by atoms with Crippen molar-refractivity contribution in [1.82, 2.24) is 4.98 Å². The molecule has 78 valence electrons. The molecule has 0 saturated carbocycles. The second-order valence-electron chi connectivity index (χ2n) is 2.99. The van der Waals surface area contributed by atoms with E-state index in [2.05, 4.69) is 4.98 Å². The SMILES string of the molecule is NCc1ncoc1-c1cc(Cl)cc(Cl)c1. The highest BCUT2D eigenvalue weighted by atomic mass is 35.5. The molecular weight excluding hydrogens is 235 g/mol. The lowest BCUT2D eigenvalue weighted by Crippen LogP contribution is -1.98. The molecule has 0 atom stereocenters. The molecule has 3 nitrogen and oxygen atoms in total. The van der Waals surface area contributed by atoms with Crippen LogP contribution in [0.5, 0.6) is 0 Å². The van der Waals surface area contributed by atoms with E-state index in [1.54, 1.807) is 18.2 Å². The van der Waals surface area contributed by atoms with Gasteiger partial charge < -0.3 is 10.2 Å². The van der Waals surface area contributed by atoms with Gasteiger partial charge in [0, 0.05) is 22.2 Å². The standard InChI is InChI=1S/C10H8Cl2N2O/c11-7-1-6(2-8(12)3-7)10-9(4-13)14-5-15-10/h1-3,5H,4,13H2. The molecule has 0 spiro atoms. The summed E-state index contributed by atoms with van der Waals surface area (Å²) < 4.78 is 5.24. The smallest absolute Gasteiger partial charge is 0.181 e. The normalized spacial score (nSPS) is 10.6. The van der Waals surface area contributed by atoms with Crippen molar-refractivity contribution < 1.29 is 4.42 Å². The Bertz CT molecular complexity index is 462. The maximum Gasteiger partial charge on any atom is 0.181 e. The van der Waals surface area contributed by atoms with E-state index >= 15 is 0 Å². The maximum absolute atomic E-state index is 5.88. The summed E-state index contributed by atoms with van der Waals surface area (Å²) in [5.74, 6) is 0.613. The lowest BCUT2D eigenvalue weighted by molar-refractivity contribution is 0.571. The van der Waals surface area contributed by atoms with Crippen LogP contribution in [0.2, 0.25) is 10.0 Å². The number of halogens is 2. The monoisotopic (exact) mass is 242 g/mol. The van der Waals surface area contributed by atoms with Crippen LogP contribution in [0.1, 0.15) is 5.69 Å². The van der Waals surface area contributed by atoms with E-state index < -0.39 is 0 Å². The molecule has 15 heavy (non-hydrogen) atoms. The zero-order valence-electron chi connectivity index (χ0n) is 7.71. The number of nitrogens with zero attached hydrogens (tertiary/aromatic N) is 1. The Hall–Kier alpha value is -1.03. The van der Waals surface area contributed by atoms with Crippen LogP contribution >= 0.6 is 23.2 Å². The van der Waals surface area contributed by atoms with Gasteiger partial charge in [-0.1, -0.05) is 23.2 Å². The third-order valence-electron chi connectivity index (χ3n) is 1.96. The van der Waals surface area contributed by atoms with E-state index in [-0.39, 0.29) is 0 Å². The van der Waals surface area contributed by atoms with Gasteiger partial charge in [-0.3, -0.25) is 0 Å². The van der Waals surface area contributed by atoms with Gasteiger partial charge in [-0.25, -0.2) is 4.98 Å². The number of oxazole rings is 1. The molecule has 2 N–H and O–H groups in total. The zero-order chi connectivity index (χ0) is 10.8. The first-order valence-corrected chi connectivity index (χ1v) is 5.05. The Kier molecular flexibility index (Phi) is 2.95. The van der Waals surface area contributed by atoms with Crippen LogP contribution in [0, 0.1) is 0 Å². The average Bonchev–Trinajstić information content (AvgIpc) is 2.63. The Balaban J connectivity index is 2.53. The molecule has 2 aromatic rings.